The molecule has 0 radical (unpaired) electrons. The molecule has 0 bridgehead atoms. The number of rotatable bonds is 4. The van der Waals surface area contributed by atoms with E-state index in [2.05, 4.69) is 39.0 Å². The molecule has 0 aliphatic rings. The second kappa shape index (κ2) is 5.68. The molecule has 2 heteroatoms. The third-order valence-electron chi connectivity index (χ3n) is 3.40. The first kappa shape index (κ1) is 13.3. The van der Waals surface area contributed by atoms with Crippen LogP contribution in [0.2, 0.25) is 0 Å². The molecule has 18 heavy (non-hydrogen) atoms. The maximum atomic E-state index is 10.6. The van der Waals surface area contributed by atoms with Crippen molar-refractivity contribution in [2.75, 3.05) is 0 Å². The molecule has 2 unspecified atom stereocenters. The molecule has 96 valence electrons. The zero-order valence-electron chi connectivity index (χ0n) is 11.2. The maximum Gasteiger partial charge on any atom is 0.0952 e. The van der Waals surface area contributed by atoms with Crippen molar-refractivity contribution in [3.63, 3.8) is 0 Å². The topological polar surface area (TPSA) is 20.2 Å². The van der Waals surface area contributed by atoms with Crippen LogP contribution in [0.15, 0.2) is 36.4 Å². The van der Waals surface area contributed by atoms with E-state index in [0.29, 0.717) is 0 Å². The van der Waals surface area contributed by atoms with Gasteiger partial charge in [-0.25, -0.2) is 0 Å². The Hall–Kier alpha value is -1.12. The molecule has 2 rings (SSSR count). The van der Waals surface area contributed by atoms with Crippen molar-refractivity contribution >= 4 is 11.3 Å². The average molecular weight is 260 g/mol. The lowest BCUT2D eigenvalue weighted by Crippen LogP contribution is -2.09. The highest BCUT2D eigenvalue weighted by atomic mass is 32.1. The van der Waals surface area contributed by atoms with Gasteiger partial charge in [-0.05, 0) is 37.5 Å². The van der Waals surface area contributed by atoms with Gasteiger partial charge in [-0.1, -0.05) is 37.3 Å². The van der Waals surface area contributed by atoms with Crippen LogP contribution in [0.25, 0.3) is 0 Å². The molecule has 1 nitrogen and oxygen atoms in total. The minimum atomic E-state index is -0.393. The van der Waals surface area contributed by atoms with E-state index in [9.17, 15) is 5.11 Å². The third-order valence-corrected chi connectivity index (χ3v) is 4.62. The Morgan fingerprint density at radius 3 is 2.33 bits per heavy atom. The molecule has 1 aromatic carbocycles. The van der Waals surface area contributed by atoms with Crippen LogP contribution in [0, 0.1) is 13.8 Å². The van der Waals surface area contributed by atoms with Gasteiger partial charge in [0.15, 0.2) is 0 Å². The summed E-state index contributed by atoms with van der Waals surface area (Å²) in [6.07, 6.45) is 0.553. The highest BCUT2D eigenvalue weighted by Gasteiger charge is 2.23. The maximum absolute atomic E-state index is 10.6. The van der Waals surface area contributed by atoms with Crippen LogP contribution >= 0.6 is 11.3 Å². The van der Waals surface area contributed by atoms with Crippen molar-refractivity contribution in [2.24, 2.45) is 0 Å². The average Bonchev–Trinajstić information content (AvgIpc) is 2.70. The summed E-state index contributed by atoms with van der Waals surface area (Å²) in [6.45, 7) is 6.31. The summed E-state index contributed by atoms with van der Waals surface area (Å²) in [6, 6.07) is 12.5. The van der Waals surface area contributed by atoms with Crippen LogP contribution in [-0.4, -0.2) is 5.11 Å². The van der Waals surface area contributed by atoms with Gasteiger partial charge in [0.25, 0.3) is 0 Å². The molecule has 0 saturated carbocycles. The highest BCUT2D eigenvalue weighted by Crippen LogP contribution is 2.38. The number of aliphatic hydroxyl groups is 1. The second-order valence-electron chi connectivity index (χ2n) is 4.77. The first-order valence-corrected chi connectivity index (χ1v) is 7.25. The van der Waals surface area contributed by atoms with Crippen LogP contribution < -0.4 is 0 Å². The van der Waals surface area contributed by atoms with Gasteiger partial charge >= 0.3 is 0 Å². The van der Waals surface area contributed by atoms with E-state index in [1.807, 2.05) is 18.2 Å². The van der Waals surface area contributed by atoms with E-state index in [1.165, 1.54) is 16.0 Å². The van der Waals surface area contributed by atoms with E-state index in [4.69, 9.17) is 0 Å². The van der Waals surface area contributed by atoms with Gasteiger partial charge < -0.3 is 5.11 Å². The molecule has 0 fully saturated rings. The van der Waals surface area contributed by atoms with Crippen molar-refractivity contribution in [3.05, 3.63) is 57.3 Å². The Kier molecular flexibility index (Phi) is 4.20. The van der Waals surface area contributed by atoms with E-state index in [0.717, 1.165) is 11.3 Å². The summed E-state index contributed by atoms with van der Waals surface area (Å²) in [5, 5.41) is 10.6. The molecule has 0 saturated heterocycles. The van der Waals surface area contributed by atoms with E-state index < -0.39 is 6.10 Å². The molecular weight excluding hydrogens is 240 g/mol. The summed E-state index contributed by atoms with van der Waals surface area (Å²) in [4.78, 5) is 2.38. The lowest BCUT2D eigenvalue weighted by atomic mass is 9.89. The Balaban J connectivity index is 2.31. The SMILES string of the molecule is CCC(c1ccccc1)C(O)c1sc(C)cc1C. The lowest BCUT2D eigenvalue weighted by Gasteiger charge is -2.22. The van der Waals surface area contributed by atoms with Crippen molar-refractivity contribution in [1.82, 2.24) is 0 Å². The lowest BCUT2D eigenvalue weighted by molar-refractivity contribution is 0.145. The van der Waals surface area contributed by atoms with Gasteiger partial charge in [0.1, 0.15) is 0 Å². The summed E-state index contributed by atoms with van der Waals surface area (Å²) >= 11 is 1.71. The fraction of sp³-hybridized carbons (Fsp3) is 0.375. The number of aliphatic hydroxyl groups excluding tert-OH is 1. The van der Waals surface area contributed by atoms with Crippen molar-refractivity contribution in [2.45, 2.75) is 39.2 Å². The zero-order chi connectivity index (χ0) is 13.1. The van der Waals surface area contributed by atoms with Gasteiger partial charge in [0, 0.05) is 15.7 Å². The summed E-state index contributed by atoms with van der Waals surface area (Å²) < 4.78 is 0. The van der Waals surface area contributed by atoms with Crippen LogP contribution in [0.4, 0.5) is 0 Å². The molecule has 0 spiro atoms. The number of hydrogen-bond acceptors (Lipinski definition) is 2. The van der Waals surface area contributed by atoms with Crippen molar-refractivity contribution in [1.29, 1.82) is 0 Å². The smallest absolute Gasteiger partial charge is 0.0952 e. The monoisotopic (exact) mass is 260 g/mol. The molecule has 0 aliphatic carbocycles. The van der Waals surface area contributed by atoms with Crippen molar-refractivity contribution in [3.8, 4) is 0 Å². The van der Waals surface area contributed by atoms with Crippen LogP contribution in [-0.2, 0) is 0 Å². The first-order chi connectivity index (χ1) is 8.63. The van der Waals surface area contributed by atoms with Gasteiger partial charge in [-0.2, -0.15) is 0 Å². The third kappa shape index (κ3) is 2.65. The minimum absolute atomic E-state index is 0.183. The van der Waals surface area contributed by atoms with Gasteiger partial charge in [0.05, 0.1) is 6.10 Å². The standard InChI is InChI=1S/C16H20OS/c1-4-14(13-8-6-5-7-9-13)15(17)16-11(2)10-12(3)18-16/h5-10,14-15,17H,4H2,1-3H3. The Labute approximate surface area is 113 Å². The largest absolute Gasteiger partial charge is 0.387 e. The number of thiophene rings is 1. The van der Waals surface area contributed by atoms with Crippen LogP contribution in [0.5, 0.6) is 0 Å². The predicted molar refractivity (Wildman–Crippen MR) is 78.2 cm³/mol. The highest BCUT2D eigenvalue weighted by molar-refractivity contribution is 7.12. The molecular formula is C16H20OS. The van der Waals surface area contributed by atoms with Crippen LogP contribution in [0.3, 0.4) is 0 Å². The summed E-state index contributed by atoms with van der Waals surface area (Å²) in [7, 11) is 0. The molecule has 0 aliphatic heterocycles. The fourth-order valence-corrected chi connectivity index (χ4v) is 3.56. The first-order valence-electron chi connectivity index (χ1n) is 6.43. The Bertz CT molecular complexity index is 501. The Morgan fingerprint density at radius 2 is 1.83 bits per heavy atom. The molecule has 1 aromatic heterocycles. The summed E-state index contributed by atoms with van der Waals surface area (Å²) in [5.74, 6) is 0.183. The van der Waals surface area contributed by atoms with E-state index >= 15 is 0 Å². The number of hydrogen-bond donors (Lipinski definition) is 1. The van der Waals surface area contributed by atoms with Crippen LogP contribution in [0.1, 0.15) is 46.2 Å². The van der Waals surface area contributed by atoms with Gasteiger partial charge in [0.2, 0.25) is 0 Å². The fourth-order valence-electron chi connectivity index (χ4n) is 2.48. The summed E-state index contributed by atoms with van der Waals surface area (Å²) in [5.41, 5.74) is 2.43. The zero-order valence-corrected chi connectivity index (χ0v) is 12.0. The van der Waals surface area contributed by atoms with E-state index in [1.54, 1.807) is 11.3 Å². The quantitative estimate of drug-likeness (QED) is 0.852. The van der Waals surface area contributed by atoms with Gasteiger partial charge in [-0.15, -0.1) is 11.3 Å². The number of benzene rings is 1. The normalized spacial score (nSPS) is 14.4. The molecule has 2 atom stereocenters. The molecule has 0 amide bonds. The number of aryl methyl sites for hydroxylation is 2. The molecule has 1 heterocycles. The second-order valence-corrected chi connectivity index (χ2v) is 6.06. The molecule has 2 aromatic rings. The van der Waals surface area contributed by atoms with E-state index in [-0.39, 0.29) is 5.92 Å². The predicted octanol–water partition coefficient (Wildman–Crippen LogP) is 4.59. The Morgan fingerprint density at radius 1 is 1.17 bits per heavy atom. The minimum Gasteiger partial charge on any atom is -0.387 e. The molecule has 1 N–H and O–H groups in total. The van der Waals surface area contributed by atoms with Crippen molar-refractivity contribution < 1.29 is 5.11 Å². The van der Waals surface area contributed by atoms with Gasteiger partial charge in [-0.3, -0.25) is 0 Å².